The molecule has 2 aliphatic rings. The summed E-state index contributed by atoms with van der Waals surface area (Å²) in [6, 6.07) is 0.986. The maximum Gasteiger partial charge on any atom is 0.352 e. The van der Waals surface area contributed by atoms with Crippen LogP contribution in [0.15, 0.2) is 43.8 Å². The second-order valence-corrected chi connectivity index (χ2v) is 12.1. The van der Waals surface area contributed by atoms with Gasteiger partial charge in [-0.2, -0.15) is 11.3 Å². The number of H-pyrrole nitrogens is 1. The number of thiophene rings is 1. The molecule has 5 N–H and O–H groups in total. The lowest BCUT2D eigenvalue weighted by Gasteiger charge is -2.49. The van der Waals surface area contributed by atoms with Crippen LogP contribution >= 0.6 is 46.2 Å². The average molecular weight is 593 g/mol. The number of oxime groups is 1. The number of aliphatic carboxylic acids is 1. The lowest BCUT2D eigenvalue weighted by Crippen LogP contribution is -2.71. The zero-order chi connectivity index (χ0) is 27.0. The van der Waals surface area contributed by atoms with Crippen molar-refractivity contribution in [2.45, 2.75) is 28.7 Å². The van der Waals surface area contributed by atoms with Crippen molar-refractivity contribution < 1.29 is 24.3 Å². The first-order valence-corrected chi connectivity index (χ1v) is 14.7. The van der Waals surface area contributed by atoms with E-state index in [-0.39, 0.29) is 27.5 Å². The van der Waals surface area contributed by atoms with Crippen LogP contribution in [-0.2, 0) is 19.2 Å². The third-order valence-corrected chi connectivity index (χ3v) is 9.39. The monoisotopic (exact) mass is 592 g/mol. The Morgan fingerprint density at radius 3 is 2.87 bits per heavy atom. The lowest BCUT2D eigenvalue weighted by molar-refractivity contribution is -0.150. The largest absolute Gasteiger partial charge is 0.477 e. The molecule has 0 radical (unpaired) electrons. The number of thiazole rings is 1. The van der Waals surface area contributed by atoms with Crippen molar-refractivity contribution in [3.63, 3.8) is 0 Å². The van der Waals surface area contributed by atoms with Crippen LogP contribution in [0.5, 0.6) is 0 Å². The third kappa shape index (κ3) is 4.89. The molecule has 2 amide bonds. The third-order valence-electron chi connectivity index (χ3n) is 5.69. The molecule has 1 unspecified atom stereocenters. The average Bonchev–Trinajstić information content (AvgIpc) is 3.67. The summed E-state index contributed by atoms with van der Waals surface area (Å²) in [4.78, 5) is 51.5. The number of aromatic nitrogens is 4. The van der Waals surface area contributed by atoms with Crippen molar-refractivity contribution >= 4 is 74.8 Å². The molecule has 0 spiro atoms. The van der Waals surface area contributed by atoms with Crippen molar-refractivity contribution in [2.24, 2.45) is 5.16 Å². The number of nitrogens with one attached hydrogen (secondary N) is 2. The highest BCUT2D eigenvalue weighted by Crippen LogP contribution is 2.43. The molecular formula is C21H20N8O5S4. The predicted octanol–water partition coefficient (Wildman–Crippen LogP) is 1.84. The summed E-state index contributed by atoms with van der Waals surface area (Å²) in [5, 5.41) is 30.0. The zero-order valence-corrected chi connectivity index (χ0v) is 23.0. The van der Waals surface area contributed by atoms with Gasteiger partial charge < -0.3 is 26.0 Å². The smallest absolute Gasteiger partial charge is 0.352 e. The number of hydrogen-bond donors (Lipinski definition) is 4. The molecule has 3 aromatic heterocycles. The maximum atomic E-state index is 13.1. The SMILES string of the molecule is CON=C(C(=O)N[C@@H]1C(=O)N2C(C(=O)O)=C(C(C)Sc3nnc(-c4ccsc4)[nH]3)CS[C@@H]12)c1csc(N)n1. The van der Waals surface area contributed by atoms with Gasteiger partial charge in [-0.15, -0.1) is 33.3 Å². The topological polar surface area (TPSA) is 189 Å². The highest BCUT2D eigenvalue weighted by molar-refractivity contribution is 8.01. The van der Waals surface area contributed by atoms with Crippen molar-refractivity contribution in [1.29, 1.82) is 0 Å². The summed E-state index contributed by atoms with van der Waals surface area (Å²) in [6.45, 7) is 1.85. The van der Waals surface area contributed by atoms with E-state index in [0.717, 1.165) is 16.9 Å². The van der Waals surface area contributed by atoms with Gasteiger partial charge in [0.15, 0.2) is 21.8 Å². The number of carbonyl (C=O) groups is 3. The molecule has 3 aromatic rings. The summed E-state index contributed by atoms with van der Waals surface area (Å²) in [7, 11) is 1.28. The van der Waals surface area contributed by atoms with Crippen LogP contribution < -0.4 is 11.1 Å². The maximum absolute atomic E-state index is 13.1. The molecule has 0 bridgehead atoms. The fraction of sp³-hybridized carbons (Fsp3) is 0.286. The molecule has 17 heteroatoms. The van der Waals surface area contributed by atoms with Gasteiger partial charge in [0, 0.05) is 27.3 Å². The number of nitrogen functional groups attached to an aromatic ring is 1. The summed E-state index contributed by atoms with van der Waals surface area (Å²) in [5.41, 5.74) is 7.14. The molecule has 198 valence electrons. The summed E-state index contributed by atoms with van der Waals surface area (Å²) in [6.07, 6.45) is 0. The van der Waals surface area contributed by atoms with Crippen LogP contribution in [0.25, 0.3) is 11.4 Å². The molecule has 0 aliphatic carbocycles. The zero-order valence-electron chi connectivity index (χ0n) is 19.8. The Morgan fingerprint density at radius 1 is 1.39 bits per heavy atom. The van der Waals surface area contributed by atoms with E-state index in [1.165, 1.54) is 35.5 Å². The second-order valence-electron chi connectivity index (χ2n) is 7.98. The van der Waals surface area contributed by atoms with Crippen LogP contribution in [0.2, 0.25) is 0 Å². The number of nitrogens with zero attached hydrogens (tertiary/aromatic N) is 5. The van der Waals surface area contributed by atoms with Crippen LogP contribution in [0, 0.1) is 0 Å². The number of carbonyl (C=O) groups excluding carboxylic acids is 2. The molecular weight excluding hydrogens is 573 g/mol. The Kier molecular flexibility index (Phi) is 7.42. The fourth-order valence-electron chi connectivity index (χ4n) is 3.92. The molecule has 38 heavy (non-hydrogen) atoms. The molecule has 2 aliphatic heterocycles. The highest BCUT2D eigenvalue weighted by Gasteiger charge is 2.55. The van der Waals surface area contributed by atoms with Crippen LogP contribution in [-0.4, -0.2) is 83.2 Å². The number of rotatable bonds is 9. The minimum atomic E-state index is -1.22. The Morgan fingerprint density at radius 2 is 2.21 bits per heavy atom. The van der Waals surface area contributed by atoms with E-state index in [0.29, 0.717) is 22.3 Å². The number of β-lactam (4-membered cyclic amide) rings is 1. The van der Waals surface area contributed by atoms with Crippen LogP contribution in [0.3, 0.4) is 0 Å². The van der Waals surface area contributed by atoms with E-state index in [1.807, 2.05) is 23.8 Å². The second kappa shape index (κ2) is 10.8. The number of thioether (sulfide) groups is 2. The van der Waals surface area contributed by atoms with Gasteiger partial charge in [-0.25, -0.2) is 9.78 Å². The van der Waals surface area contributed by atoms with Gasteiger partial charge in [0.25, 0.3) is 11.8 Å². The standard InChI is InChI=1S/C21H20N8O5S4/c1-8(38-21-25-15(26-27-21)9-3-4-35-5-9)10-6-36-18-13(17(31)29(18)14(10)19(32)33)24-16(30)12(28-34-2)11-7-37-20(22)23-11/h3-5,7-8,13,18H,6H2,1-2H3,(H2,22,23)(H,24,30)(H,32,33)(H,25,26,27)/t8?,13-,18+/m1/s1. The van der Waals surface area contributed by atoms with Gasteiger partial charge in [-0.3, -0.25) is 14.5 Å². The van der Waals surface area contributed by atoms with Crippen molar-refractivity contribution in [1.82, 2.24) is 30.4 Å². The van der Waals surface area contributed by atoms with Crippen LogP contribution in [0.1, 0.15) is 12.6 Å². The van der Waals surface area contributed by atoms with Gasteiger partial charge >= 0.3 is 5.97 Å². The number of aromatic amines is 1. The van der Waals surface area contributed by atoms with Gasteiger partial charge in [-0.1, -0.05) is 16.9 Å². The molecule has 5 heterocycles. The number of hydrogen-bond acceptors (Lipinski definition) is 13. The number of carboxylic acids is 1. The Bertz CT molecular complexity index is 1450. The Balaban J connectivity index is 1.32. The number of carboxylic acid groups (broad SMARTS) is 1. The van der Waals surface area contributed by atoms with Crippen molar-refractivity contribution in [3.8, 4) is 11.4 Å². The van der Waals surface area contributed by atoms with Gasteiger partial charge in [-0.05, 0) is 23.9 Å². The molecule has 5 rings (SSSR count). The van der Waals surface area contributed by atoms with Crippen molar-refractivity contribution in [3.05, 3.63) is 39.2 Å². The number of anilines is 1. The molecule has 13 nitrogen and oxygen atoms in total. The van der Waals surface area contributed by atoms with E-state index < -0.39 is 29.2 Å². The molecule has 0 saturated carbocycles. The quantitative estimate of drug-likeness (QED) is 0.123. The molecule has 3 atom stereocenters. The number of amides is 2. The minimum absolute atomic E-state index is 0.0834. The van der Waals surface area contributed by atoms with Gasteiger partial charge in [0.05, 0.1) is 0 Å². The summed E-state index contributed by atoms with van der Waals surface area (Å²) >= 11 is 5.37. The van der Waals surface area contributed by atoms with E-state index in [4.69, 9.17) is 10.6 Å². The fourth-order valence-corrected chi connectivity index (χ4v) is 7.60. The van der Waals surface area contributed by atoms with E-state index >= 15 is 0 Å². The molecule has 1 fully saturated rings. The van der Waals surface area contributed by atoms with Gasteiger partial charge in [0.1, 0.15) is 29.9 Å². The van der Waals surface area contributed by atoms with E-state index in [1.54, 1.807) is 16.7 Å². The van der Waals surface area contributed by atoms with E-state index in [9.17, 15) is 19.5 Å². The normalized spacial score (nSPS) is 20.1. The summed E-state index contributed by atoms with van der Waals surface area (Å²) in [5.74, 6) is -1.45. The molecule has 0 aromatic carbocycles. The first kappa shape index (κ1) is 26.2. The first-order valence-electron chi connectivity index (χ1n) is 10.9. The predicted molar refractivity (Wildman–Crippen MR) is 145 cm³/mol. The Labute approximate surface area is 231 Å². The summed E-state index contributed by atoms with van der Waals surface area (Å²) < 4.78 is 0. The number of nitrogens with two attached hydrogens (primary N) is 1. The minimum Gasteiger partial charge on any atom is -0.477 e. The van der Waals surface area contributed by atoms with Crippen LogP contribution in [0.4, 0.5) is 5.13 Å². The Hall–Kier alpha value is -3.41. The first-order chi connectivity index (χ1) is 18.3. The van der Waals surface area contributed by atoms with Gasteiger partial charge in [0.2, 0.25) is 0 Å². The van der Waals surface area contributed by atoms with E-state index in [2.05, 4.69) is 30.6 Å². The lowest BCUT2D eigenvalue weighted by atomic mass is 10.0. The van der Waals surface area contributed by atoms with Crippen molar-refractivity contribution in [2.75, 3.05) is 18.6 Å². The number of fused-ring (bicyclic) bond motifs is 1. The highest BCUT2D eigenvalue weighted by atomic mass is 32.2. The molecule has 1 saturated heterocycles.